The first kappa shape index (κ1) is 15.0. The van der Waals surface area contributed by atoms with Crippen molar-refractivity contribution in [3.63, 3.8) is 0 Å². The number of rotatable bonds is 6. The van der Waals surface area contributed by atoms with Gasteiger partial charge in [0.2, 0.25) is 5.91 Å². The SMILES string of the molecule is CN(C(=O)CN(CC1CCNCC1)C1CC1)C1=CCCC1. The van der Waals surface area contributed by atoms with Gasteiger partial charge in [-0.3, -0.25) is 9.69 Å². The maximum absolute atomic E-state index is 12.5. The van der Waals surface area contributed by atoms with Gasteiger partial charge >= 0.3 is 0 Å². The molecule has 0 atom stereocenters. The molecule has 4 nitrogen and oxygen atoms in total. The molecule has 0 aromatic carbocycles. The van der Waals surface area contributed by atoms with Crippen LogP contribution in [0.2, 0.25) is 0 Å². The fourth-order valence-corrected chi connectivity index (χ4v) is 3.58. The highest BCUT2D eigenvalue weighted by Gasteiger charge is 2.33. The van der Waals surface area contributed by atoms with Gasteiger partial charge in [-0.25, -0.2) is 0 Å². The van der Waals surface area contributed by atoms with Gasteiger partial charge in [0.25, 0.3) is 0 Å². The van der Waals surface area contributed by atoms with E-state index in [1.165, 1.54) is 37.8 Å². The van der Waals surface area contributed by atoms with Crippen molar-refractivity contribution in [3.05, 3.63) is 11.8 Å². The molecule has 2 fully saturated rings. The molecule has 1 amide bonds. The highest BCUT2D eigenvalue weighted by Crippen LogP contribution is 2.29. The van der Waals surface area contributed by atoms with Crippen LogP contribution in [0, 0.1) is 5.92 Å². The molecule has 118 valence electrons. The predicted molar refractivity (Wildman–Crippen MR) is 84.9 cm³/mol. The van der Waals surface area contributed by atoms with Gasteiger partial charge in [-0.2, -0.15) is 0 Å². The van der Waals surface area contributed by atoms with Crippen molar-refractivity contribution in [2.45, 2.75) is 51.0 Å². The highest BCUT2D eigenvalue weighted by atomic mass is 16.2. The third kappa shape index (κ3) is 4.07. The van der Waals surface area contributed by atoms with Gasteiger partial charge in [0, 0.05) is 25.3 Å². The van der Waals surface area contributed by atoms with Gasteiger partial charge in [-0.05, 0) is 64.0 Å². The van der Waals surface area contributed by atoms with Gasteiger partial charge in [-0.1, -0.05) is 6.08 Å². The number of carbonyl (C=O) groups is 1. The first-order chi connectivity index (χ1) is 10.2. The van der Waals surface area contributed by atoms with Crippen LogP contribution in [-0.4, -0.2) is 55.0 Å². The quantitative estimate of drug-likeness (QED) is 0.813. The van der Waals surface area contributed by atoms with Crippen LogP contribution < -0.4 is 5.32 Å². The number of piperidine rings is 1. The monoisotopic (exact) mass is 291 g/mol. The van der Waals surface area contributed by atoms with Crippen LogP contribution in [0.25, 0.3) is 0 Å². The zero-order chi connectivity index (χ0) is 14.7. The number of nitrogens with zero attached hydrogens (tertiary/aromatic N) is 2. The normalized spacial score (nSPS) is 23.4. The number of hydrogen-bond acceptors (Lipinski definition) is 3. The average molecular weight is 291 g/mol. The summed E-state index contributed by atoms with van der Waals surface area (Å²) in [6.45, 7) is 4.02. The van der Waals surface area contributed by atoms with Crippen LogP contribution in [-0.2, 0) is 4.79 Å². The summed E-state index contributed by atoms with van der Waals surface area (Å²) in [6.07, 6.45) is 10.7. The Hall–Kier alpha value is -0.870. The van der Waals surface area contributed by atoms with Crippen LogP contribution in [0.3, 0.4) is 0 Å². The molecule has 3 rings (SSSR count). The molecule has 1 aliphatic heterocycles. The lowest BCUT2D eigenvalue weighted by molar-refractivity contribution is -0.129. The fraction of sp³-hybridized carbons (Fsp3) is 0.824. The standard InChI is InChI=1S/C17H29N3O/c1-19(15-4-2-3-5-15)17(21)13-20(16-6-7-16)12-14-8-10-18-11-9-14/h4,14,16,18H,2-3,5-13H2,1H3. The van der Waals surface area contributed by atoms with Gasteiger partial charge in [0.1, 0.15) is 0 Å². The molecular formula is C17H29N3O. The zero-order valence-electron chi connectivity index (χ0n) is 13.3. The van der Waals surface area contributed by atoms with E-state index in [1.54, 1.807) is 0 Å². The van der Waals surface area contributed by atoms with Crippen LogP contribution >= 0.6 is 0 Å². The predicted octanol–water partition coefficient (Wildman–Crippen LogP) is 1.98. The van der Waals surface area contributed by atoms with Gasteiger partial charge in [0.05, 0.1) is 6.54 Å². The van der Waals surface area contributed by atoms with Crippen molar-refractivity contribution in [2.24, 2.45) is 5.92 Å². The van der Waals surface area contributed by atoms with Crippen LogP contribution in [0.15, 0.2) is 11.8 Å². The number of amides is 1. The molecule has 2 aliphatic carbocycles. The minimum atomic E-state index is 0.281. The second kappa shape index (κ2) is 6.93. The Bertz CT molecular complexity index is 397. The average Bonchev–Trinajstić information content (AvgIpc) is 3.21. The van der Waals surface area contributed by atoms with E-state index in [-0.39, 0.29) is 5.91 Å². The fourth-order valence-electron chi connectivity index (χ4n) is 3.58. The van der Waals surface area contributed by atoms with Crippen molar-refractivity contribution in [1.29, 1.82) is 0 Å². The number of allylic oxidation sites excluding steroid dienone is 2. The molecule has 1 heterocycles. The second-order valence-electron chi connectivity index (χ2n) is 6.89. The molecular weight excluding hydrogens is 262 g/mol. The lowest BCUT2D eigenvalue weighted by Crippen LogP contribution is -2.43. The summed E-state index contributed by atoms with van der Waals surface area (Å²) >= 11 is 0. The molecule has 0 bridgehead atoms. The first-order valence-electron chi connectivity index (χ1n) is 8.64. The highest BCUT2D eigenvalue weighted by molar-refractivity contribution is 5.79. The van der Waals surface area contributed by atoms with E-state index < -0.39 is 0 Å². The summed E-state index contributed by atoms with van der Waals surface area (Å²) in [7, 11) is 1.95. The number of likely N-dealkylation sites (N-methyl/N-ethyl adjacent to an activating group) is 1. The molecule has 3 aliphatic rings. The molecule has 1 N–H and O–H groups in total. The minimum absolute atomic E-state index is 0.281. The Morgan fingerprint density at radius 1 is 1.29 bits per heavy atom. The molecule has 0 aromatic rings. The topological polar surface area (TPSA) is 35.6 Å². The van der Waals surface area contributed by atoms with Crippen molar-refractivity contribution >= 4 is 5.91 Å². The van der Waals surface area contributed by atoms with E-state index >= 15 is 0 Å². The molecule has 0 unspecified atom stereocenters. The Morgan fingerprint density at radius 2 is 2.05 bits per heavy atom. The maximum atomic E-state index is 12.5. The maximum Gasteiger partial charge on any atom is 0.240 e. The Balaban J connectivity index is 1.53. The molecule has 4 heteroatoms. The summed E-state index contributed by atoms with van der Waals surface area (Å²) in [5.74, 6) is 1.06. The second-order valence-corrected chi connectivity index (χ2v) is 6.89. The first-order valence-corrected chi connectivity index (χ1v) is 8.64. The van der Waals surface area contributed by atoms with E-state index in [9.17, 15) is 4.79 Å². The van der Waals surface area contributed by atoms with Crippen molar-refractivity contribution in [1.82, 2.24) is 15.1 Å². The Labute approximate surface area is 128 Å². The summed E-state index contributed by atoms with van der Waals surface area (Å²) in [6, 6.07) is 0.676. The van der Waals surface area contributed by atoms with Gasteiger partial charge < -0.3 is 10.2 Å². The molecule has 1 saturated carbocycles. The molecule has 0 aromatic heterocycles. The largest absolute Gasteiger partial charge is 0.318 e. The Kier molecular flexibility index (Phi) is 4.96. The summed E-state index contributed by atoms with van der Waals surface area (Å²) < 4.78 is 0. The van der Waals surface area contributed by atoms with Crippen LogP contribution in [0.4, 0.5) is 0 Å². The number of carbonyl (C=O) groups excluding carboxylic acids is 1. The van der Waals surface area contributed by atoms with E-state index in [4.69, 9.17) is 0 Å². The zero-order valence-corrected chi connectivity index (χ0v) is 13.3. The minimum Gasteiger partial charge on any atom is -0.318 e. The summed E-state index contributed by atoms with van der Waals surface area (Å²) in [4.78, 5) is 16.9. The summed E-state index contributed by atoms with van der Waals surface area (Å²) in [5.41, 5.74) is 1.23. The Morgan fingerprint density at radius 3 is 2.67 bits per heavy atom. The third-order valence-corrected chi connectivity index (χ3v) is 5.17. The van der Waals surface area contributed by atoms with Crippen molar-refractivity contribution in [3.8, 4) is 0 Å². The lowest BCUT2D eigenvalue weighted by atomic mass is 9.97. The van der Waals surface area contributed by atoms with Crippen molar-refractivity contribution in [2.75, 3.05) is 33.2 Å². The van der Waals surface area contributed by atoms with Gasteiger partial charge in [-0.15, -0.1) is 0 Å². The smallest absolute Gasteiger partial charge is 0.240 e. The van der Waals surface area contributed by atoms with Gasteiger partial charge in [0.15, 0.2) is 0 Å². The summed E-state index contributed by atoms with van der Waals surface area (Å²) in [5, 5.41) is 3.43. The van der Waals surface area contributed by atoms with Crippen LogP contribution in [0.1, 0.15) is 44.9 Å². The number of nitrogens with one attached hydrogen (secondary N) is 1. The van der Waals surface area contributed by atoms with Crippen LogP contribution in [0.5, 0.6) is 0 Å². The molecule has 1 saturated heterocycles. The van der Waals surface area contributed by atoms with E-state index in [0.29, 0.717) is 12.6 Å². The van der Waals surface area contributed by atoms with E-state index in [1.807, 2.05) is 11.9 Å². The number of hydrogen-bond donors (Lipinski definition) is 1. The third-order valence-electron chi connectivity index (χ3n) is 5.17. The van der Waals surface area contributed by atoms with E-state index in [2.05, 4.69) is 16.3 Å². The van der Waals surface area contributed by atoms with Crippen molar-refractivity contribution < 1.29 is 4.79 Å². The molecule has 0 radical (unpaired) electrons. The molecule has 21 heavy (non-hydrogen) atoms. The van der Waals surface area contributed by atoms with E-state index in [0.717, 1.165) is 38.4 Å². The lowest BCUT2D eigenvalue weighted by Gasteiger charge is -2.31. The molecule has 0 spiro atoms.